The van der Waals surface area contributed by atoms with Crippen LogP contribution in [-0.4, -0.2) is 12.5 Å². The van der Waals surface area contributed by atoms with Crippen LogP contribution in [0.2, 0.25) is 5.02 Å². The second-order valence-corrected chi connectivity index (χ2v) is 5.35. The number of fused-ring (bicyclic) bond motifs is 1. The molecule has 3 aromatic rings. The molecule has 1 N–H and O–H groups in total. The molecule has 0 radical (unpaired) electrons. The van der Waals surface area contributed by atoms with Crippen LogP contribution < -0.4 is 10.1 Å². The van der Waals surface area contributed by atoms with Crippen LogP contribution in [0, 0.1) is 5.82 Å². The Hall–Kier alpha value is -2.59. The minimum Gasteiger partial charge on any atom is -0.482 e. The Labute approximate surface area is 137 Å². The van der Waals surface area contributed by atoms with Crippen LogP contribution in [0.4, 0.5) is 10.1 Å². The number of carbonyl (C=O) groups is 1. The maximum absolute atomic E-state index is 13.0. The van der Waals surface area contributed by atoms with Gasteiger partial charge in [-0.15, -0.1) is 0 Å². The predicted octanol–water partition coefficient (Wildman–Crippen LogP) is 4.65. The highest BCUT2D eigenvalue weighted by atomic mass is 35.5. The SMILES string of the molecule is O=C(COc1ccc(F)cc1Cl)Nc1cccc2ccccc12. The summed E-state index contributed by atoms with van der Waals surface area (Å²) in [6.07, 6.45) is 0. The number of hydrogen-bond acceptors (Lipinski definition) is 2. The van der Waals surface area contributed by atoms with Gasteiger partial charge in [0.25, 0.3) is 5.91 Å². The van der Waals surface area contributed by atoms with E-state index in [1.165, 1.54) is 12.1 Å². The average Bonchev–Trinajstić information content (AvgIpc) is 2.54. The first-order valence-corrected chi connectivity index (χ1v) is 7.37. The van der Waals surface area contributed by atoms with Gasteiger partial charge in [-0.2, -0.15) is 0 Å². The molecule has 5 heteroatoms. The highest BCUT2D eigenvalue weighted by Gasteiger charge is 2.09. The smallest absolute Gasteiger partial charge is 0.262 e. The van der Waals surface area contributed by atoms with E-state index in [1.807, 2.05) is 42.5 Å². The Kier molecular flexibility index (Phi) is 4.44. The van der Waals surface area contributed by atoms with Gasteiger partial charge in [0.2, 0.25) is 0 Å². The zero-order valence-corrected chi connectivity index (χ0v) is 12.8. The third-order valence-electron chi connectivity index (χ3n) is 3.32. The van der Waals surface area contributed by atoms with Gasteiger partial charge in [-0.3, -0.25) is 4.79 Å². The third-order valence-corrected chi connectivity index (χ3v) is 3.61. The minimum absolute atomic E-state index is 0.128. The molecule has 0 aliphatic rings. The number of rotatable bonds is 4. The standard InChI is InChI=1S/C18H13ClFNO2/c19-15-10-13(20)8-9-17(15)23-11-18(22)21-16-7-3-5-12-4-1-2-6-14(12)16/h1-10H,11H2,(H,21,22). The molecule has 0 saturated heterocycles. The molecule has 23 heavy (non-hydrogen) atoms. The summed E-state index contributed by atoms with van der Waals surface area (Å²) in [5, 5.41) is 4.92. The summed E-state index contributed by atoms with van der Waals surface area (Å²) in [6, 6.07) is 17.2. The Bertz CT molecular complexity index is 861. The average molecular weight is 330 g/mol. The zero-order chi connectivity index (χ0) is 16.2. The van der Waals surface area contributed by atoms with Crippen molar-refractivity contribution >= 4 is 34.0 Å². The van der Waals surface area contributed by atoms with Crippen molar-refractivity contribution in [3.05, 3.63) is 71.5 Å². The van der Waals surface area contributed by atoms with Crippen molar-refractivity contribution in [3.63, 3.8) is 0 Å². The number of benzene rings is 3. The maximum atomic E-state index is 13.0. The summed E-state index contributed by atoms with van der Waals surface area (Å²) < 4.78 is 18.3. The van der Waals surface area contributed by atoms with Crippen molar-refractivity contribution in [2.24, 2.45) is 0 Å². The first kappa shape index (κ1) is 15.3. The Morgan fingerprint density at radius 3 is 2.70 bits per heavy atom. The molecule has 0 atom stereocenters. The van der Waals surface area contributed by atoms with E-state index in [4.69, 9.17) is 16.3 Å². The van der Waals surface area contributed by atoms with E-state index in [-0.39, 0.29) is 23.3 Å². The van der Waals surface area contributed by atoms with Crippen molar-refractivity contribution < 1.29 is 13.9 Å². The van der Waals surface area contributed by atoms with Crippen LogP contribution in [0.1, 0.15) is 0 Å². The largest absolute Gasteiger partial charge is 0.482 e. The van der Waals surface area contributed by atoms with E-state index in [9.17, 15) is 9.18 Å². The molecule has 0 fully saturated rings. The molecule has 0 saturated carbocycles. The molecule has 1 amide bonds. The lowest BCUT2D eigenvalue weighted by Crippen LogP contribution is -2.20. The number of amides is 1. The van der Waals surface area contributed by atoms with E-state index in [2.05, 4.69) is 5.32 Å². The van der Waals surface area contributed by atoms with Crippen LogP contribution in [0.3, 0.4) is 0 Å². The Balaban J connectivity index is 1.69. The van der Waals surface area contributed by atoms with Gasteiger partial charge >= 0.3 is 0 Å². The van der Waals surface area contributed by atoms with Crippen molar-refractivity contribution in [2.75, 3.05) is 11.9 Å². The summed E-state index contributed by atoms with van der Waals surface area (Å²) in [5.41, 5.74) is 0.710. The highest BCUT2D eigenvalue weighted by Crippen LogP contribution is 2.25. The lowest BCUT2D eigenvalue weighted by Gasteiger charge is -2.10. The number of nitrogens with one attached hydrogen (secondary N) is 1. The molecule has 116 valence electrons. The van der Waals surface area contributed by atoms with Crippen molar-refractivity contribution in [1.82, 2.24) is 0 Å². The number of anilines is 1. The van der Waals surface area contributed by atoms with Crippen molar-refractivity contribution in [1.29, 1.82) is 0 Å². The fraction of sp³-hybridized carbons (Fsp3) is 0.0556. The second-order valence-electron chi connectivity index (χ2n) is 4.94. The number of hydrogen-bond donors (Lipinski definition) is 1. The fourth-order valence-electron chi connectivity index (χ4n) is 2.26. The lowest BCUT2D eigenvalue weighted by atomic mass is 10.1. The van der Waals surface area contributed by atoms with Gasteiger partial charge in [0.1, 0.15) is 11.6 Å². The van der Waals surface area contributed by atoms with E-state index in [0.717, 1.165) is 16.8 Å². The summed E-state index contributed by atoms with van der Waals surface area (Å²) in [4.78, 5) is 12.1. The van der Waals surface area contributed by atoms with Crippen LogP contribution in [0.25, 0.3) is 10.8 Å². The van der Waals surface area contributed by atoms with Crippen LogP contribution in [0.15, 0.2) is 60.7 Å². The van der Waals surface area contributed by atoms with Gasteiger partial charge < -0.3 is 10.1 Å². The molecule has 0 aromatic heterocycles. The second kappa shape index (κ2) is 6.67. The van der Waals surface area contributed by atoms with Crippen LogP contribution >= 0.6 is 11.6 Å². The maximum Gasteiger partial charge on any atom is 0.262 e. The molecular formula is C18H13ClFNO2. The van der Waals surface area contributed by atoms with E-state index in [1.54, 1.807) is 0 Å². The normalized spacial score (nSPS) is 10.5. The topological polar surface area (TPSA) is 38.3 Å². The van der Waals surface area contributed by atoms with Crippen molar-refractivity contribution in [3.8, 4) is 5.75 Å². The quantitative estimate of drug-likeness (QED) is 0.756. The number of carbonyl (C=O) groups excluding carboxylic acids is 1. The predicted molar refractivity (Wildman–Crippen MR) is 89.5 cm³/mol. The first-order chi connectivity index (χ1) is 11.1. The van der Waals surface area contributed by atoms with Crippen LogP contribution in [0.5, 0.6) is 5.75 Å². The molecule has 3 nitrogen and oxygen atoms in total. The molecule has 0 bridgehead atoms. The molecule has 3 aromatic carbocycles. The van der Waals surface area contributed by atoms with Crippen molar-refractivity contribution in [2.45, 2.75) is 0 Å². The summed E-state index contributed by atoms with van der Waals surface area (Å²) >= 11 is 5.85. The van der Waals surface area contributed by atoms with Crippen LogP contribution in [-0.2, 0) is 4.79 Å². The van der Waals surface area contributed by atoms with Gasteiger partial charge in [0.05, 0.1) is 5.02 Å². The first-order valence-electron chi connectivity index (χ1n) is 6.99. The third kappa shape index (κ3) is 3.60. The van der Waals surface area contributed by atoms with Gasteiger partial charge in [0.15, 0.2) is 6.61 Å². The number of ether oxygens (including phenoxy) is 1. The van der Waals surface area contributed by atoms with Gasteiger partial charge in [-0.25, -0.2) is 4.39 Å². The number of halogens is 2. The molecule has 0 heterocycles. The monoisotopic (exact) mass is 329 g/mol. The summed E-state index contributed by atoms with van der Waals surface area (Å²) in [6.45, 7) is -0.214. The fourth-order valence-corrected chi connectivity index (χ4v) is 2.48. The Morgan fingerprint density at radius 1 is 1.09 bits per heavy atom. The molecule has 3 rings (SSSR count). The molecule has 0 unspecified atom stereocenters. The minimum atomic E-state index is -0.456. The molecule has 0 spiro atoms. The van der Waals surface area contributed by atoms with Gasteiger partial charge in [-0.1, -0.05) is 48.0 Å². The zero-order valence-electron chi connectivity index (χ0n) is 12.1. The summed E-state index contributed by atoms with van der Waals surface area (Å²) in [5.74, 6) is -0.509. The molecular weight excluding hydrogens is 317 g/mol. The Morgan fingerprint density at radius 2 is 1.87 bits per heavy atom. The molecule has 0 aliphatic carbocycles. The lowest BCUT2D eigenvalue weighted by molar-refractivity contribution is -0.118. The van der Waals surface area contributed by atoms with Gasteiger partial charge in [0, 0.05) is 11.1 Å². The van der Waals surface area contributed by atoms with Gasteiger partial charge in [-0.05, 0) is 29.7 Å². The summed E-state index contributed by atoms with van der Waals surface area (Å²) in [7, 11) is 0. The van der Waals surface area contributed by atoms with E-state index >= 15 is 0 Å². The highest BCUT2D eigenvalue weighted by molar-refractivity contribution is 6.32. The van der Waals surface area contributed by atoms with E-state index < -0.39 is 5.82 Å². The van der Waals surface area contributed by atoms with E-state index in [0.29, 0.717) is 5.69 Å². The molecule has 0 aliphatic heterocycles.